The molecule has 1 fully saturated rings. The third-order valence-corrected chi connectivity index (χ3v) is 11.5. The quantitative estimate of drug-likeness (QED) is 0.160. The summed E-state index contributed by atoms with van der Waals surface area (Å²) < 4.78 is 0. The van der Waals surface area contributed by atoms with Crippen LogP contribution in [0.2, 0.25) is 0 Å². The minimum atomic E-state index is -1.15. The second-order valence-electron chi connectivity index (χ2n) is 9.03. The topological polar surface area (TPSA) is 0 Å². The van der Waals surface area contributed by atoms with Gasteiger partial charge in [0.25, 0.3) is 0 Å². The molecule has 3 aromatic rings. The molecule has 0 saturated heterocycles. The fraction of sp³-hybridized carbons (Fsp3) is 0.345. The largest absolute Gasteiger partial charge is 3.00 e. The van der Waals surface area contributed by atoms with Gasteiger partial charge in [-0.25, -0.2) is 0 Å². The Hall–Kier alpha value is -0.951. The molecule has 177 valence electrons. The molecule has 1 aliphatic carbocycles. The first-order valence-corrected chi connectivity index (χ1v) is 13.6. The zero-order valence-corrected chi connectivity index (χ0v) is 24.3. The second-order valence-corrected chi connectivity index (χ2v) is 12.3. The van der Waals surface area contributed by atoms with Crippen LogP contribution < -0.4 is 15.9 Å². The van der Waals surface area contributed by atoms with E-state index >= 15 is 0 Å². The third-order valence-electron chi connectivity index (χ3n) is 7.52. The number of benzene rings is 3. The zero-order chi connectivity index (χ0) is 22.5. The summed E-state index contributed by atoms with van der Waals surface area (Å²) in [5.41, 5.74) is 0. The summed E-state index contributed by atoms with van der Waals surface area (Å²) in [6.45, 7) is 12.0. The van der Waals surface area contributed by atoms with E-state index in [1.807, 2.05) is 30.3 Å². The molecule has 0 unspecified atom stereocenters. The summed E-state index contributed by atoms with van der Waals surface area (Å²) >= 11 is 11.1. The molecule has 0 spiro atoms. The second kappa shape index (κ2) is 13.8. The van der Waals surface area contributed by atoms with E-state index in [0.717, 1.165) is 39.4 Å². The van der Waals surface area contributed by atoms with Crippen LogP contribution in [0.5, 0.6) is 0 Å². The summed E-state index contributed by atoms with van der Waals surface area (Å²) in [5, 5.41) is 3.79. The van der Waals surface area contributed by atoms with Crippen molar-refractivity contribution in [2.75, 3.05) is 0 Å². The van der Waals surface area contributed by atoms with Gasteiger partial charge in [-0.2, -0.15) is 0 Å². The van der Waals surface area contributed by atoms with Gasteiger partial charge in [0.2, 0.25) is 0 Å². The van der Waals surface area contributed by atoms with Gasteiger partial charge >= 0.3 is 17.1 Å². The molecule has 3 aromatic carbocycles. The van der Waals surface area contributed by atoms with Crippen molar-refractivity contribution in [2.24, 2.45) is 29.6 Å². The summed E-state index contributed by atoms with van der Waals surface area (Å²) in [6, 6.07) is 27.0. The Morgan fingerprint density at radius 3 is 1.15 bits per heavy atom. The fourth-order valence-corrected chi connectivity index (χ4v) is 8.33. The van der Waals surface area contributed by atoms with Gasteiger partial charge in [-0.1, -0.05) is 89.2 Å². The standard InChI is InChI=1S/C18H15PS2.C10H20.CH3.Fe/c20-17-12-6-4-10-15(17)19(14-8-2-1-3-9-14)16-11-5-7-13-18(16)21;1-6-7(2)9(4)10(5)8(6)3;;/h1-13,20-21H;6-10H,1-5H3;1H3;/q;;-1;+3/p-1. The van der Waals surface area contributed by atoms with E-state index in [1.165, 1.54) is 15.9 Å². The van der Waals surface area contributed by atoms with E-state index in [4.69, 9.17) is 25.3 Å². The van der Waals surface area contributed by atoms with Crippen LogP contribution in [-0.4, -0.2) is 0 Å². The Bertz CT molecular complexity index is 888. The van der Waals surface area contributed by atoms with Crippen molar-refractivity contribution in [3.63, 3.8) is 0 Å². The van der Waals surface area contributed by atoms with Gasteiger partial charge in [-0.3, -0.25) is 0 Å². The molecular weight excluding hydrogens is 499 g/mol. The Morgan fingerprint density at radius 1 is 0.515 bits per heavy atom. The van der Waals surface area contributed by atoms with E-state index in [2.05, 4.69) is 83.1 Å². The Morgan fingerprint density at radius 2 is 0.818 bits per heavy atom. The molecule has 4 heteroatoms. The Balaban J connectivity index is 0.000000388. The number of hydrogen-bond donors (Lipinski definition) is 0. The molecule has 0 aromatic heterocycles. The van der Waals surface area contributed by atoms with Crippen LogP contribution in [0.25, 0.3) is 0 Å². The molecule has 0 nitrogen and oxygen atoms in total. The zero-order valence-electron chi connectivity index (χ0n) is 20.6. The summed E-state index contributed by atoms with van der Waals surface area (Å²) in [7, 11) is -1.15. The molecule has 0 atom stereocenters. The molecule has 33 heavy (non-hydrogen) atoms. The van der Waals surface area contributed by atoms with E-state index in [0.29, 0.717) is 0 Å². The maximum atomic E-state index is 5.56. The van der Waals surface area contributed by atoms with E-state index in [-0.39, 0.29) is 24.5 Å². The molecule has 0 N–H and O–H groups in total. The first kappa shape index (κ1) is 30.1. The smallest absolute Gasteiger partial charge is 0.776 e. The van der Waals surface area contributed by atoms with Crippen LogP contribution in [-0.2, 0) is 42.3 Å². The molecule has 1 radical (unpaired) electrons. The normalized spacial score (nSPS) is 23.6. The van der Waals surface area contributed by atoms with E-state index in [1.54, 1.807) is 0 Å². The van der Waals surface area contributed by atoms with Gasteiger partial charge in [-0.05, 0) is 53.9 Å². The van der Waals surface area contributed by atoms with Crippen molar-refractivity contribution in [1.29, 1.82) is 0 Å². The van der Waals surface area contributed by atoms with Gasteiger partial charge in [0.15, 0.2) is 0 Å². The minimum absolute atomic E-state index is 0. The summed E-state index contributed by atoms with van der Waals surface area (Å²) in [5.74, 6) is 4.68. The first-order chi connectivity index (χ1) is 14.8. The summed E-state index contributed by atoms with van der Waals surface area (Å²) in [6.07, 6.45) is 0. The SMILES string of the molecule is CC1C(C)C(C)C(C)C1C.[CH3-].[Fe+3].[S-]c1ccccc1[PH+](c1ccccc1)c1ccccc1[S-]. The Kier molecular flexibility index (Phi) is 12.6. The Labute approximate surface area is 225 Å². The van der Waals surface area contributed by atoms with Crippen LogP contribution in [0.4, 0.5) is 0 Å². The van der Waals surface area contributed by atoms with Gasteiger partial charge in [0.1, 0.15) is 5.30 Å². The van der Waals surface area contributed by atoms with Gasteiger partial charge in [-0.15, -0.1) is 9.79 Å². The maximum absolute atomic E-state index is 5.56. The van der Waals surface area contributed by atoms with Crippen molar-refractivity contribution in [2.45, 2.75) is 44.4 Å². The molecule has 0 heterocycles. The van der Waals surface area contributed by atoms with Gasteiger partial charge < -0.3 is 32.7 Å². The molecular formula is C29H37FePS2+. The van der Waals surface area contributed by atoms with Crippen LogP contribution in [0.15, 0.2) is 88.7 Å². The first-order valence-electron chi connectivity index (χ1n) is 11.3. The fourth-order valence-electron chi connectivity index (χ4n) is 4.80. The minimum Gasteiger partial charge on any atom is -0.776 e. The van der Waals surface area contributed by atoms with Crippen molar-refractivity contribution >= 4 is 49.1 Å². The van der Waals surface area contributed by atoms with Crippen LogP contribution in [0.1, 0.15) is 34.6 Å². The van der Waals surface area contributed by atoms with Crippen LogP contribution in [0, 0.1) is 37.0 Å². The van der Waals surface area contributed by atoms with Crippen molar-refractivity contribution in [1.82, 2.24) is 0 Å². The van der Waals surface area contributed by atoms with Crippen LogP contribution >= 0.6 is 7.92 Å². The maximum Gasteiger partial charge on any atom is 3.00 e. The molecule has 1 saturated carbocycles. The molecule has 4 rings (SSSR count). The molecule has 0 aliphatic heterocycles. The predicted octanol–water partition coefficient (Wildman–Crippen LogP) is 6.62. The monoisotopic (exact) mass is 536 g/mol. The van der Waals surface area contributed by atoms with E-state index < -0.39 is 7.92 Å². The van der Waals surface area contributed by atoms with Crippen molar-refractivity contribution in [3.8, 4) is 0 Å². The summed E-state index contributed by atoms with van der Waals surface area (Å²) in [4.78, 5) is 1.85. The number of rotatable bonds is 3. The van der Waals surface area contributed by atoms with Crippen molar-refractivity contribution < 1.29 is 17.1 Å². The van der Waals surface area contributed by atoms with Gasteiger partial charge in [0.05, 0.1) is 18.5 Å². The van der Waals surface area contributed by atoms with E-state index in [9.17, 15) is 0 Å². The van der Waals surface area contributed by atoms with Crippen LogP contribution in [0.3, 0.4) is 0 Å². The van der Waals surface area contributed by atoms with Gasteiger partial charge in [0, 0.05) is 0 Å². The third kappa shape index (κ3) is 7.03. The molecule has 0 amide bonds. The number of hydrogen-bond acceptors (Lipinski definition) is 2. The molecule has 0 bridgehead atoms. The molecule has 1 aliphatic rings. The average Bonchev–Trinajstić information content (AvgIpc) is 2.95. The predicted molar refractivity (Wildman–Crippen MR) is 150 cm³/mol. The van der Waals surface area contributed by atoms with Crippen molar-refractivity contribution in [3.05, 3.63) is 86.3 Å². The average molecular weight is 537 g/mol.